The Balaban J connectivity index is 1.85. The van der Waals surface area contributed by atoms with Crippen LogP contribution in [-0.2, 0) is 4.65 Å². The Hall–Kier alpha value is -0.505. The largest absolute Gasteiger partial charge is 0.418 e. The molecule has 0 N–H and O–H groups in total. The Morgan fingerprint density at radius 3 is 2.93 bits per heavy atom. The normalized spacial score (nSPS) is 25.9. The first-order chi connectivity index (χ1) is 7.34. The zero-order valence-corrected chi connectivity index (χ0v) is 9.28. The first-order valence-corrected chi connectivity index (χ1v) is 5.85. The summed E-state index contributed by atoms with van der Waals surface area (Å²) in [7, 11) is 0.162. The molecule has 0 amide bonds. The molecule has 1 aromatic carbocycles. The SMILES string of the molecule is Clc1ccc(B2OC[C@@H]3CCCN23)cc1. The van der Waals surface area contributed by atoms with E-state index in [0.29, 0.717) is 6.04 Å². The van der Waals surface area contributed by atoms with Crippen LogP contribution < -0.4 is 5.46 Å². The van der Waals surface area contributed by atoms with E-state index in [1.54, 1.807) is 0 Å². The van der Waals surface area contributed by atoms with Gasteiger partial charge in [0, 0.05) is 17.7 Å². The van der Waals surface area contributed by atoms with Crippen molar-refractivity contribution in [1.82, 2.24) is 4.81 Å². The van der Waals surface area contributed by atoms with Crippen LogP contribution in [-0.4, -0.2) is 31.1 Å². The molecular weight excluding hydrogens is 208 g/mol. The lowest BCUT2D eigenvalue weighted by molar-refractivity contribution is 0.334. The van der Waals surface area contributed by atoms with Gasteiger partial charge in [-0.25, -0.2) is 0 Å². The zero-order chi connectivity index (χ0) is 10.3. The zero-order valence-electron chi connectivity index (χ0n) is 8.53. The summed E-state index contributed by atoms with van der Waals surface area (Å²) in [6.07, 6.45) is 2.59. The molecule has 0 saturated carbocycles. The van der Waals surface area contributed by atoms with Gasteiger partial charge in [-0.1, -0.05) is 23.7 Å². The van der Waals surface area contributed by atoms with Crippen molar-refractivity contribution in [3.05, 3.63) is 29.3 Å². The Kier molecular flexibility index (Phi) is 2.47. The van der Waals surface area contributed by atoms with Gasteiger partial charge in [0.2, 0.25) is 0 Å². The fourth-order valence-electron chi connectivity index (χ4n) is 2.56. The van der Waals surface area contributed by atoms with E-state index in [9.17, 15) is 0 Å². The van der Waals surface area contributed by atoms with Gasteiger partial charge in [-0.3, -0.25) is 0 Å². The molecule has 3 rings (SSSR count). The number of rotatable bonds is 1. The molecule has 0 spiro atoms. The van der Waals surface area contributed by atoms with Gasteiger partial charge in [0.1, 0.15) is 0 Å². The van der Waals surface area contributed by atoms with Crippen molar-refractivity contribution in [2.45, 2.75) is 18.9 Å². The summed E-state index contributed by atoms with van der Waals surface area (Å²) in [5.41, 5.74) is 1.23. The van der Waals surface area contributed by atoms with Crippen LogP contribution in [0.5, 0.6) is 0 Å². The van der Waals surface area contributed by atoms with Crippen LogP contribution in [0.3, 0.4) is 0 Å². The quantitative estimate of drug-likeness (QED) is 0.667. The van der Waals surface area contributed by atoms with Gasteiger partial charge in [0.15, 0.2) is 0 Å². The van der Waals surface area contributed by atoms with E-state index >= 15 is 0 Å². The Labute approximate surface area is 95.3 Å². The second-order valence-electron chi connectivity index (χ2n) is 4.27. The first-order valence-electron chi connectivity index (χ1n) is 5.47. The molecule has 15 heavy (non-hydrogen) atoms. The van der Waals surface area contributed by atoms with E-state index in [1.165, 1.54) is 18.3 Å². The van der Waals surface area contributed by atoms with Gasteiger partial charge >= 0.3 is 7.05 Å². The van der Waals surface area contributed by atoms with Crippen LogP contribution in [0, 0.1) is 0 Å². The van der Waals surface area contributed by atoms with Crippen molar-refractivity contribution in [3.8, 4) is 0 Å². The molecule has 1 aromatic rings. The maximum atomic E-state index is 5.88. The summed E-state index contributed by atoms with van der Waals surface area (Å²) in [6.45, 7) is 2.05. The van der Waals surface area contributed by atoms with E-state index in [1.807, 2.05) is 12.1 Å². The number of nitrogens with zero attached hydrogens (tertiary/aromatic N) is 1. The third kappa shape index (κ3) is 1.69. The van der Waals surface area contributed by atoms with Crippen molar-refractivity contribution in [2.24, 2.45) is 0 Å². The molecule has 2 aliphatic heterocycles. The van der Waals surface area contributed by atoms with Gasteiger partial charge < -0.3 is 9.47 Å². The Morgan fingerprint density at radius 1 is 1.33 bits per heavy atom. The molecule has 2 nitrogen and oxygen atoms in total. The molecule has 0 bridgehead atoms. The number of hydrogen-bond acceptors (Lipinski definition) is 2. The smallest absolute Gasteiger partial charge is 0.416 e. The summed E-state index contributed by atoms with van der Waals surface area (Å²) in [6, 6.07) is 8.64. The number of halogens is 1. The summed E-state index contributed by atoms with van der Waals surface area (Å²) in [4.78, 5) is 2.46. The predicted molar refractivity (Wildman–Crippen MR) is 62.5 cm³/mol. The van der Waals surface area contributed by atoms with Gasteiger partial charge in [-0.2, -0.15) is 0 Å². The molecule has 2 saturated heterocycles. The van der Waals surface area contributed by atoms with Gasteiger partial charge in [0.25, 0.3) is 0 Å². The van der Waals surface area contributed by atoms with Crippen LogP contribution >= 0.6 is 11.6 Å². The average molecular weight is 221 g/mol. The lowest BCUT2D eigenvalue weighted by Crippen LogP contribution is -2.45. The molecular formula is C11H13BClNO. The van der Waals surface area contributed by atoms with E-state index < -0.39 is 0 Å². The molecule has 0 aromatic heterocycles. The Morgan fingerprint density at radius 2 is 2.13 bits per heavy atom. The van der Waals surface area contributed by atoms with E-state index in [2.05, 4.69) is 16.9 Å². The maximum absolute atomic E-state index is 5.88. The third-order valence-electron chi connectivity index (χ3n) is 3.33. The third-order valence-corrected chi connectivity index (χ3v) is 3.58. The summed E-state index contributed by atoms with van der Waals surface area (Å²) < 4.78 is 5.83. The molecule has 0 aliphatic carbocycles. The van der Waals surface area contributed by atoms with E-state index in [4.69, 9.17) is 16.3 Å². The fourth-order valence-corrected chi connectivity index (χ4v) is 2.68. The molecule has 0 radical (unpaired) electrons. The first kappa shape index (κ1) is 9.70. The van der Waals surface area contributed by atoms with Crippen molar-refractivity contribution < 1.29 is 4.65 Å². The molecule has 2 heterocycles. The molecule has 2 fully saturated rings. The second kappa shape index (κ2) is 3.82. The highest BCUT2D eigenvalue weighted by atomic mass is 35.5. The molecule has 4 heteroatoms. The standard InChI is InChI=1S/C11H13BClNO/c13-10-5-3-9(4-6-10)12-14-7-1-2-11(14)8-15-12/h3-6,11H,1-2,7-8H2/t11-/m0/s1. The molecule has 2 aliphatic rings. The summed E-state index contributed by atoms with van der Waals surface area (Å²) in [5.74, 6) is 0. The topological polar surface area (TPSA) is 12.5 Å². The number of benzene rings is 1. The van der Waals surface area contributed by atoms with Gasteiger partial charge in [-0.15, -0.1) is 0 Å². The number of fused-ring (bicyclic) bond motifs is 1. The minimum absolute atomic E-state index is 0.162. The van der Waals surface area contributed by atoms with E-state index in [-0.39, 0.29) is 7.05 Å². The summed E-state index contributed by atoms with van der Waals surface area (Å²) >= 11 is 5.88. The van der Waals surface area contributed by atoms with Crippen molar-refractivity contribution >= 4 is 24.1 Å². The van der Waals surface area contributed by atoms with Crippen molar-refractivity contribution in [1.29, 1.82) is 0 Å². The van der Waals surface area contributed by atoms with Crippen molar-refractivity contribution in [3.63, 3.8) is 0 Å². The average Bonchev–Trinajstić information content (AvgIpc) is 2.80. The highest BCUT2D eigenvalue weighted by Crippen LogP contribution is 2.24. The monoisotopic (exact) mass is 221 g/mol. The molecule has 0 unspecified atom stereocenters. The fraction of sp³-hybridized carbons (Fsp3) is 0.455. The summed E-state index contributed by atoms with van der Waals surface area (Å²) in [5, 5.41) is 0.787. The van der Waals surface area contributed by atoms with Crippen LogP contribution in [0.15, 0.2) is 24.3 Å². The van der Waals surface area contributed by atoms with Crippen LogP contribution in [0.2, 0.25) is 5.02 Å². The maximum Gasteiger partial charge on any atom is 0.418 e. The predicted octanol–water partition coefficient (Wildman–Crippen LogP) is 1.53. The molecule has 78 valence electrons. The van der Waals surface area contributed by atoms with Crippen molar-refractivity contribution in [2.75, 3.05) is 13.2 Å². The highest BCUT2D eigenvalue weighted by molar-refractivity contribution is 6.65. The lowest BCUT2D eigenvalue weighted by Gasteiger charge is -2.18. The van der Waals surface area contributed by atoms with Gasteiger partial charge in [-0.05, 0) is 37.0 Å². The van der Waals surface area contributed by atoms with Crippen LogP contribution in [0.25, 0.3) is 0 Å². The highest BCUT2D eigenvalue weighted by Gasteiger charge is 2.41. The lowest BCUT2D eigenvalue weighted by atomic mass is 9.72. The van der Waals surface area contributed by atoms with Gasteiger partial charge in [0.05, 0.1) is 0 Å². The number of hydrogen-bond donors (Lipinski definition) is 0. The Bertz CT molecular complexity index is 356. The van der Waals surface area contributed by atoms with Crippen LogP contribution in [0.1, 0.15) is 12.8 Å². The minimum atomic E-state index is 0.162. The minimum Gasteiger partial charge on any atom is -0.416 e. The molecule has 1 atom stereocenters. The van der Waals surface area contributed by atoms with Crippen LogP contribution in [0.4, 0.5) is 0 Å². The van der Waals surface area contributed by atoms with E-state index in [0.717, 1.165) is 18.2 Å². The second-order valence-corrected chi connectivity index (χ2v) is 4.71.